The van der Waals surface area contributed by atoms with Crippen molar-refractivity contribution in [2.24, 2.45) is 34.5 Å². The number of Topliss-reactive ketones (excluding diaryl/α,β-unsaturated/α-hetero) is 2. The quantitative estimate of drug-likeness (QED) is 0.716. The van der Waals surface area contributed by atoms with Gasteiger partial charge in [-0.1, -0.05) is 25.5 Å². The fraction of sp³-hybridized carbons (Fsp3) is 0.810. The molecule has 0 aromatic rings. The van der Waals surface area contributed by atoms with Gasteiger partial charge in [0.1, 0.15) is 11.6 Å². The van der Waals surface area contributed by atoms with Crippen molar-refractivity contribution in [2.45, 2.75) is 71.5 Å². The summed E-state index contributed by atoms with van der Waals surface area (Å²) in [5.41, 5.74) is 0.854. The molecule has 4 nitrogen and oxygen atoms in total. The number of rotatable bonds is 1. The Morgan fingerprint density at radius 3 is 2.56 bits per heavy atom. The van der Waals surface area contributed by atoms with Gasteiger partial charge < -0.3 is 10.2 Å². The largest absolute Gasteiger partial charge is 0.392 e. The Morgan fingerprint density at radius 2 is 1.88 bits per heavy atom. The van der Waals surface area contributed by atoms with Gasteiger partial charge in [0.15, 0.2) is 0 Å². The number of ketones is 2. The third-order valence-electron chi connectivity index (χ3n) is 8.37. The minimum Gasteiger partial charge on any atom is -0.392 e. The molecule has 3 fully saturated rings. The van der Waals surface area contributed by atoms with Gasteiger partial charge in [0.25, 0.3) is 0 Å². The number of carbonyl (C=O) groups excluding carboxylic acids is 2. The van der Waals surface area contributed by atoms with E-state index in [0.717, 1.165) is 25.7 Å². The number of hydrogen-bond acceptors (Lipinski definition) is 4. The summed E-state index contributed by atoms with van der Waals surface area (Å²) in [5, 5.41) is 21.0. The van der Waals surface area contributed by atoms with Crippen molar-refractivity contribution in [2.75, 3.05) is 0 Å². The van der Waals surface area contributed by atoms with Gasteiger partial charge in [0, 0.05) is 18.3 Å². The standard InChI is InChI=1S/C21H30O4/c1-11(22)15-10-17(25)19-18-14(5-7-21(15,19)3)20(2)6-4-13(23)8-12(20)9-16(18)24/h8,13-16,18-19,23-24H,4-7,9-10H2,1-3H3. The lowest BCUT2D eigenvalue weighted by molar-refractivity contribution is -0.144. The van der Waals surface area contributed by atoms with Crippen LogP contribution in [0, 0.1) is 34.5 Å². The van der Waals surface area contributed by atoms with Crippen LogP contribution in [0.1, 0.15) is 59.3 Å². The topological polar surface area (TPSA) is 74.6 Å². The normalized spacial score (nSPS) is 52.0. The highest BCUT2D eigenvalue weighted by atomic mass is 16.3. The molecule has 25 heavy (non-hydrogen) atoms. The second kappa shape index (κ2) is 5.50. The van der Waals surface area contributed by atoms with Crippen LogP contribution < -0.4 is 0 Å². The summed E-state index contributed by atoms with van der Waals surface area (Å²) in [4.78, 5) is 25.1. The molecule has 0 radical (unpaired) electrons. The molecule has 0 aromatic carbocycles. The molecule has 4 heteroatoms. The van der Waals surface area contributed by atoms with E-state index < -0.39 is 12.2 Å². The van der Waals surface area contributed by atoms with Crippen LogP contribution in [0.4, 0.5) is 0 Å². The predicted molar refractivity (Wildman–Crippen MR) is 93.7 cm³/mol. The zero-order valence-electron chi connectivity index (χ0n) is 15.5. The van der Waals surface area contributed by atoms with Crippen LogP contribution in [0.2, 0.25) is 0 Å². The van der Waals surface area contributed by atoms with E-state index in [1.807, 2.05) is 6.08 Å². The van der Waals surface area contributed by atoms with Crippen LogP contribution in [-0.4, -0.2) is 34.0 Å². The molecule has 0 bridgehead atoms. The average molecular weight is 346 g/mol. The average Bonchev–Trinajstić information content (AvgIpc) is 2.81. The molecular weight excluding hydrogens is 316 g/mol. The summed E-state index contributed by atoms with van der Waals surface area (Å²) in [5.74, 6) is 0.144. The first kappa shape index (κ1) is 17.4. The zero-order valence-corrected chi connectivity index (χ0v) is 15.5. The fourth-order valence-corrected chi connectivity index (χ4v) is 7.06. The first-order chi connectivity index (χ1) is 11.7. The summed E-state index contributed by atoms with van der Waals surface area (Å²) in [6, 6.07) is 0. The van der Waals surface area contributed by atoms with Crippen LogP contribution in [0.5, 0.6) is 0 Å². The second-order valence-corrected chi connectivity index (χ2v) is 9.53. The van der Waals surface area contributed by atoms with E-state index in [1.54, 1.807) is 6.92 Å². The Morgan fingerprint density at radius 1 is 1.16 bits per heavy atom. The molecule has 0 saturated heterocycles. The summed E-state index contributed by atoms with van der Waals surface area (Å²) < 4.78 is 0. The van der Waals surface area contributed by atoms with Crippen LogP contribution in [0.3, 0.4) is 0 Å². The third-order valence-corrected chi connectivity index (χ3v) is 8.37. The monoisotopic (exact) mass is 346 g/mol. The number of carbonyl (C=O) groups is 2. The lowest BCUT2D eigenvalue weighted by Crippen LogP contribution is -2.57. The molecule has 138 valence electrons. The SMILES string of the molecule is CC(=O)C1CC(=O)C2C3C(O)CC4=CC(O)CCC4(C)C3CCC12C. The second-order valence-electron chi connectivity index (χ2n) is 9.53. The predicted octanol–water partition coefficient (Wildman–Crippen LogP) is 2.67. The highest BCUT2D eigenvalue weighted by molar-refractivity contribution is 5.93. The van der Waals surface area contributed by atoms with Crippen molar-refractivity contribution in [3.05, 3.63) is 11.6 Å². The van der Waals surface area contributed by atoms with E-state index in [9.17, 15) is 19.8 Å². The fourth-order valence-electron chi connectivity index (χ4n) is 7.06. The van der Waals surface area contributed by atoms with E-state index in [-0.39, 0.29) is 46.1 Å². The first-order valence-corrected chi connectivity index (χ1v) is 9.79. The number of fused-ring (bicyclic) bond motifs is 5. The van der Waals surface area contributed by atoms with E-state index >= 15 is 0 Å². The maximum Gasteiger partial charge on any atom is 0.137 e. The van der Waals surface area contributed by atoms with Crippen molar-refractivity contribution in [1.82, 2.24) is 0 Å². The van der Waals surface area contributed by atoms with E-state index in [0.29, 0.717) is 12.8 Å². The number of aliphatic hydroxyl groups excluding tert-OH is 2. The Labute approximate surface area is 149 Å². The minimum atomic E-state index is -0.547. The molecule has 0 heterocycles. The van der Waals surface area contributed by atoms with Crippen molar-refractivity contribution < 1.29 is 19.8 Å². The first-order valence-electron chi connectivity index (χ1n) is 9.79. The Bertz CT molecular complexity index is 652. The molecule has 0 aliphatic heterocycles. The summed E-state index contributed by atoms with van der Waals surface area (Å²) in [6.07, 6.45) is 5.41. The van der Waals surface area contributed by atoms with Gasteiger partial charge in [-0.2, -0.15) is 0 Å². The molecule has 2 N–H and O–H groups in total. The van der Waals surface area contributed by atoms with E-state index in [1.165, 1.54) is 5.57 Å². The van der Waals surface area contributed by atoms with E-state index in [2.05, 4.69) is 13.8 Å². The van der Waals surface area contributed by atoms with Gasteiger partial charge in [-0.3, -0.25) is 9.59 Å². The van der Waals surface area contributed by atoms with Gasteiger partial charge in [0.2, 0.25) is 0 Å². The Kier molecular flexibility index (Phi) is 3.83. The summed E-state index contributed by atoms with van der Waals surface area (Å²) >= 11 is 0. The number of hydrogen-bond donors (Lipinski definition) is 2. The Balaban J connectivity index is 1.75. The molecule has 3 saturated carbocycles. The van der Waals surface area contributed by atoms with Crippen LogP contribution in [0.25, 0.3) is 0 Å². The van der Waals surface area contributed by atoms with Crippen molar-refractivity contribution in [3.63, 3.8) is 0 Å². The minimum absolute atomic E-state index is 0.0287. The molecule has 0 amide bonds. The van der Waals surface area contributed by atoms with Gasteiger partial charge in [-0.05, 0) is 61.7 Å². The molecule has 4 rings (SSSR count). The summed E-state index contributed by atoms with van der Waals surface area (Å²) in [6.45, 7) is 5.98. The molecule has 8 atom stereocenters. The molecule has 4 aliphatic carbocycles. The van der Waals surface area contributed by atoms with Gasteiger partial charge in [-0.15, -0.1) is 0 Å². The number of aliphatic hydroxyl groups is 2. The highest BCUT2D eigenvalue weighted by Gasteiger charge is 2.64. The maximum atomic E-state index is 12.9. The molecular formula is C21H30O4. The van der Waals surface area contributed by atoms with Gasteiger partial charge >= 0.3 is 0 Å². The highest BCUT2D eigenvalue weighted by Crippen LogP contribution is 2.65. The summed E-state index contributed by atoms with van der Waals surface area (Å²) in [7, 11) is 0. The van der Waals surface area contributed by atoms with Crippen LogP contribution in [0.15, 0.2) is 11.6 Å². The third kappa shape index (κ3) is 2.26. The maximum absolute atomic E-state index is 12.9. The molecule has 4 aliphatic rings. The molecule has 0 spiro atoms. The van der Waals surface area contributed by atoms with Crippen LogP contribution >= 0.6 is 0 Å². The molecule has 0 aromatic heterocycles. The van der Waals surface area contributed by atoms with E-state index in [4.69, 9.17) is 0 Å². The molecule has 8 unspecified atom stereocenters. The van der Waals surface area contributed by atoms with Crippen LogP contribution in [-0.2, 0) is 9.59 Å². The van der Waals surface area contributed by atoms with Gasteiger partial charge in [0.05, 0.1) is 12.2 Å². The van der Waals surface area contributed by atoms with Crippen molar-refractivity contribution >= 4 is 11.6 Å². The van der Waals surface area contributed by atoms with Crippen molar-refractivity contribution in [1.29, 1.82) is 0 Å². The zero-order chi connectivity index (χ0) is 18.1. The lowest BCUT2D eigenvalue weighted by atomic mass is 9.46. The smallest absolute Gasteiger partial charge is 0.137 e. The van der Waals surface area contributed by atoms with Gasteiger partial charge in [-0.25, -0.2) is 0 Å². The van der Waals surface area contributed by atoms with Crippen molar-refractivity contribution in [3.8, 4) is 0 Å². The Hall–Kier alpha value is -1.00. The lowest BCUT2D eigenvalue weighted by Gasteiger charge is -2.59.